The van der Waals surface area contributed by atoms with Gasteiger partial charge in [-0.15, -0.1) is 0 Å². The van der Waals surface area contributed by atoms with Crippen LogP contribution in [-0.2, 0) is 0 Å². The molecule has 0 fully saturated rings. The van der Waals surface area contributed by atoms with Crippen molar-refractivity contribution in [1.29, 1.82) is 0 Å². The Morgan fingerprint density at radius 2 is 2.17 bits per heavy atom. The predicted octanol–water partition coefficient (Wildman–Crippen LogP) is -0.0917. The molecule has 0 spiro atoms. The second-order valence-corrected chi connectivity index (χ2v) is 3.97. The number of hydrogen-bond donors (Lipinski definition) is 3. The molecule has 6 heteroatoms. The molecule has 0 aliphatic rings. The molecule has 2 amide bonds. The van der Waals surface area contributed by atoms with Gasteiger partial charge in [0.25, 0.3) is 5.91 Å². The maximum atomic E-state index is 11.7. The maximum Gasteiger partial charge on any atom is 0.269 e. The number of rotatable bonds is 6. The van der Waals surface area contributed by atoms with Gasteiger partial charge < -0.3 is 16.4 Å². The Balaban J connectivity index is 2.54. The van der Waals surface area contributed by atoms with Crippen molar-refractivity contribution in [3.05, 3.63) is 29.6 Å². The molecule has 0 saturated carbocycles. The van der Waals surface area contributed by atoms with Crippen molar-refractivity contribution >= 4 is 11.8 Å². The van der Waals surface area contributed by atoms with Crippen LogP contribution in [0.4, 0.5) is 0 Å². The molecule has 6 nitrogen and oxygen atoms in total. The summed E-state index contributed by atoms with van der Waals surface area (Å²) >= 11 is 0. The second-order valence-electron chi connectivity index (χ2n) is 3.97. The molecule has 0 aliphatic carbocycles. The van der Waals surface area contributed by atoms with E-state index in [1.54, 1.807) is 0 Å². The summed E-state index contributed by atoms with van der Waals surface area (Å²) in [6.07, 6.45) is 1.30. The van der Waals surface area contributed by atoms with E-state index in [2.05, 4.69) is 15.6 Å². The Morgan fingerprint density at radius 3 is 2.67 bits per heavy atom. The summed E-state index contributed by atoms with van der Waals surface area (Å²) in [6, 6.07) is 3.16. The van der Waals surface area contributed by atoms with E-state index in [1.165, 1.54) is 18.3 Å². The number of hydrogen-bond acceptors (Lipinski definition) is 4. The van der Waals surface area contributed by atoms with Gasteiger partial charge in [0.15, 0.2) is 0 Å². The highest BCUT2D eigenvalue weighted by atomic mass is 16.2. The van der Waals surface area contributed by atoms with Gasteiger partial charge >= 0.3 is 0 Å². The zero-order chi connectivity index (χ0) is 13.5. The number of aromatic nitrogens is 1. The summed E-state index contributed by atoms with van der Waals surface area (Å²) in [5.74, 6) is -0.828. The SMILES string of the molecule is CCN[C@H](C)CNC(=O)c1ccc(C(N)=O)cn1. The first kappa shape index (κ1) is 14.1. The maximum absolute atomic E-state index is 11.7. The Labute approximate surface area is 106 Å². The molecule has 4 N–H and O–H groups in total. The van der Waals surface area contributed by atoms with Crippen molar-refractivity contribution in [3.63, 3.8) is 0 Å². The van der Waals surface area contributed by atoms with Gasteiger partial charge in [0.2, 0.25) is 5.91 Å². The quantitative estimate of drug-likeness (QED) is 0.657. The van der Waals surface area contributed by atoms with Crippen LogP contribution in [-0.4, -0.2) is 35.9 Å². The topological polar surface area (TPSA) is 97.1 Å². The van der Waals surface area contributed by atoms with Gasteiger partial charge in [-0.2, -0.15) is 0 Å². The number of nitrogens with zero attached hydrogens (tertiary/aromatic N) is 1. The lowest BCUT2D eigenvalue weighted by Crippen LogP contribution is -2.39. The van der Waals surface area contributed by atoms with E-state index in [0.29, 0.717) is 6.54 Å². The third-order valence-corrected chi connectivity index (χ3v) is 2.40. The van der Waals surface area contributed by atoms with Crippen LogP contribution in [0, 0.1) is 0 Å². The Hall–Kier alpha value is -1.95. The van der Waals surface area contributed by atoms with Crippen LogP contribution < -0.4 is 16.4 Å². The third-order valence-electron chi connectivity index (χ3n) is 2.40. The monoisotopic (exact) mass is 250 g/mol. The molecule has 1 atom stereocenters. The van der Waals surface area contributed by atoms with Crippen molar-refractivity contribution in [2.75, 3.05) is 13.1 Å². The summed E-state index contributed by atoms with van der Waals surface area (Å²) in [5.41, 5.74) is 5.64. The van der Waals surface area contributed by atoms with Crippen molar-refractivity contribution in [1.82, 2.24) is 15.6 Å². The molecular formula is C12H18N4O2. The van der Waals surface area contributed by atoms with Crippen LogP contribution >= 0.6 is 0 Å². The molecule has 0 bridgehead atoms. The highest BCUT2D eigenvalue weighted by Crippen LogP contribution is 1.99. The first-order valence-electron chi connectivity index (χ1n) is 5.82. The van der Waals surface area contributed by atoms with Crippen LogP contribution in [0.5, 0.6) is 0 Å². The van der Waals surface area contributed by atoms with Gasteiger partial charge in [-0.25, -0.2) is 0 Å². The van der Waals surface area contributed by atoms with E-state index in [0.717, 1.165) is 6.54 Å². The van der Waals surface area contributed by atoms with E-state index in [9.17, 15) is 9.59 Å². The van der Waals surface area contributed by atoms with Gasteiger partial charge in [-0.05, 0) is 25.6 Å². The number of likely N-dealkylation sites (N-methyl/N-ethyl adjacent to an activating group) is 1. The Kier molecular flexibility index (Phi) is 5.26. The number of amides is 2. The molecule has 1 aromatic heterocycles. The molecule has 0 aromatic carbocycles. The van der Waals surface area contributed by atoms with Gasteiger partial charge in [0, 0.05) is 18.8 Å². The summed E-state index contributed by atoms with van der Waals surface area (Å²) in [4.78, 5) is 26.4. The highest BCUT2D eigenvalue weighted by Gasteiger charge is 2.09. The Bertz CT molecular complexity index is 417. The minimum absolute atomic E-state index is 0.198. The fourth-order valence-electron chi connectivity index (χ4n) is 1.43. The molecule has 0 saturated heterocycles. The normalized spacial score (nSPS) is 11.9. The molecule has 0 radical (unpaired) electrons. The number of primary amides is 1. The van der Waals surface area contributed by atoms with E-state index in [4.69, 9.17) is 5.73 Å². The summed E-state index contributed by atoms with van der Waals surface area (Å²) in [5, 5.41) is 5.93. The second kappa shape index (κ2) is 6.70. The largest absolute Gasteiger partial charge is 0.366 e. The summed E-state index contributed by atoms with van der Waals surface area (Å²) in [7, 11) is 0. The average Bonchev–Trinajstić information content (AvgIpc) is 2.36. The molecule has 1 aromatic rings. The Morgan fingerprint density at radius 1 is 1.44 bits per heavy atom. The first-order valence-corrected chi connectivity index (χ1v) is 5.82. The number of nitrogens with two attached hydrogens (primary N) is 1. The minimum Gasteiger partial charge on any atom is -0.366 e. The lowest BCUT2D eigenvalue weighted by atomic mass is 10.2. The van der Waals surface area contributed by atoms with Gasteiger partial charge in [0.1, 0.15) is 5.69 Å². The van der Waals surface area contributed by atoms with E-state index in [-0.39, 0.29) is 23.2 Å². The molecule has 98 valence electrons. The average molecular weight is 250 g/mol. The van der Waals surface area contributed by atoms with Gasteiger partial charge in [-0.3, -0.25) is 14.6 Å². The smallest absolute Gasteiger partial charge is 0.269 e. The predicted molar refractivity (Wildman–Crippen MR) is 68.2 cm³/mol. The van der Waals surface area contributed by atoms with Gasteiger partial charge in [0.05, 0.1) is 5.56 Å². The molecular weight excluding hydrogens is 232 g/mol. The molecule has 18 heavy (non-hydrogen) atoms. The van der Waals surface area contributed by atoms with Crippen LogP contribution in [0.3, 0.4) is 0 Å². The lowest BCUT2D eigenvalue weighted by Gasteiger charge is -2.12. The summed E-state index contributed by atoms with van der Waals surface area (Å²) < 4.78 is 0. The number of pyridine rings is 1. The van der Waals surface area contributed by atoms with Crippen LogP contribution in [0.1, 0.15) is 34.7 Å². The molecule has 1 rings (SSSR count). The number of carbonyl (C=O) groups is 2. The van der Waals surface area contributed by atoms with Crippen molar-refractivity contribution in [2.45, 2.75) is 19.9 Å². The van der Waals surface area contributed by atoms with E-state index < -0.39 is 5.91 Å². The van der Waals surface area contributed by atoms with E-state index >= 15 is 0 Å². The molecule has 1 heterocycles. The van der Waals surface area contributed by atoms with Crippen molar-refractivity contribution in [2.24, 2.45) is 5.73 Å². The first-order chi connectivity index (χ1) is 8.54. The van der Waals surface area contributed by atoms with Crippen molar-refractivity contribution in [3.8, 4) is 0 Å². The highest BCUT2D eigenvalue weighted by molar-refractivity contribution is 5.95. The van der Waals surface area contributed by atoms with Crippen LogP contribution in [0.15, 0.2) is 18.3 Å². The zero-order valence-electron chi connectivity index (χ0n) is 10.6. The fraction of sp³-hybridized carbons (Fsp3) is 0.417. The van der Waals surface area contributed by atoms with Crippen LogP contribution in [0.2, 0.25) is 0 Å². The summed E-state index contributed by atoms with van der Waals surface area (Å²) in [6.45, 7) is 5.35. The molecule has 0 aliphatic heterocycles. The van der Waals surface area contributed by atoms with Crippen molar-refractivity contribution < 1.29 is 9.59 Å². The van der Waals surface area contributed by atoms with Gasteiger partial charge in [-0.1, -0.05) is 6.92 Å². The minimum atomic E-state index is -0.560. The van der Waals surface area contributed by atoms with E-state index in [1.807, 2.05) is 13.8 Å². The lowest BCUT2D eigenvalue weighted by molar-refractivity contribution is 0.0942. The van der Waals surface area contributed by atoms with Crippen LogP contribution in [0.25, 0.3) is 0 Å². The third kappa shape index (κ3) is 4.14. The number of nitrogens with one attached hydrogen (secondary N) is 2. The molecule has 0 unspecified atom stereocenters. The zero-order valence-corrected chi connectivity index (χ0v) is 10.6. The standard InChI is InChI=1S/C12H18N4O2/c1-3-14-8(2)6-16-12(18)10-5-4-9(7-15-10)11(13)17/h4-5,7-8,14H,3,6H2,1-2H3,(H2,13,17)(H,16,18)/t8-/m1/s1. The fourth-order valence-corrected chi connectivity index (χ4v) is 1.43. The number of carbonyl (C=O) groups excluding carboxylic acids is 2.